The van der Waals surface area contributed by atoms with Gasteiger partial charge in [0, 0.05) is 11.4 Å². The van der Waals surface area contributed by atoms with Crippen LogP contribution in [0.3, 0.4) is 0 Å². The molecule has 0 unspecified atom stereocenters. The molecule has 0 spiro atoms. The van der Waals surface area contributed by atoms with Crippen molar-refractivity contribution in [3.63, 3.8) is 0 Å². The van der Waals surface area contributed by atoms with Gasteiger partial charge in [0.25, 0.3) is 0 Å². The molecule has 2 aromatic rings. The van der Waals surface area contributed by atoms with Crippen LogP contribution in [-0.4, -0.2) is 15.5 Å². The second-order valence-electron chi connectivity index (χ2n) is 4.92. The lowest BCUT2D eigenvalue weighted by molar-refractivity contribution is -0.120. The van der Waals surface area contributed by atoms with Crippen molar-refractivity contribution in [1.82, 2.24) is 15.0 Å². The maximum atomic E-state index is 12.0. The molecule has 1 amide bonds. The van der Waals surface area contributed by atoms with Gasteiger partial charge in [0.2, 0.25) is 5.91 Å². The SMILES string of the molecule is Cc1cc(C)n(Cc2ccccc2CC(=O)NN)c(=O)n1. The smallest absolute Gasteiger partial charge is 0.294 e. The second-order valence-corrected chi connectivity index (χ2v) is 4.92. The quantitative estimate of drug-likeness (QED) is 0.485. The first kappa shape index (κ1) is 14.9. The minimum atomic E-state index is -0.287. The normalized spacial score (nSPS) is 10.4. The largest absolute Gasteiger partial charge is 0.348 e. The lowest BCUT2D eigenvalue weighted by Crippen LogP contribution is -2.32. The fourth-order valence-corrected chi connectivity index (χ4v) is 2.25. The molecule has 0 aliphatic heterocycles. The van der Waals surface area contributed by atoms with Gasteiger partial charge in [-0.25, -0.2) is 10.6 Å². The van der Waals surface area contributed by atoms with Crippen molar-refractivity contribution in [2.75, 3.05) is 0 Å². The first-order valence-electron chi connectivity index (χ1n) is 6.62. The number of nitrogens with one attached hydrogen (secondary N) is 1. The lowest BCUT2D eigenvalue weighted by Gasteiger charge is -2.13. The number of rotatable bonds is 4. The Morgan fingerprint density at radius 1 is 1.29 bits per heavy atom. The van der Waals surface area contributed by atoms with Crippen LogP contribution in [0.2, 0.25) is 0 Å². The summed E-state index contributed by atoms with van der Waals surface area (Å²) in [4.78, 5) is 27.4. The Morgan fingerprint density at radius 2 is 1.95 bits per heavy atom. The van der Waals surface area contributed by atoms with Crippen LogP contribution in [0.1, 0.15) is 22.5 Å². The topological polar surface area (TPSA) is 90.0 Å². The molecule has 0 aliphatic carbocycles. The van der Waals surface area contributed by atoms with E-state index in [-0.39, 0.29) is 18.0 Å². The molecule has 0 saturated carbocycles. The highest BCUT2D eigenvalue weighted by atomic mass is 16.2. The van der Waals surface area contributed by atoms with Crippen LogP contribution in [0.25, 0.3) is 0 Å². The van der Waals surface area contributed by atoms with Gasteiger partial charge >= 0.3 is 5.69 Å². The molecule has 1 aromatic carbocycles. The molecule has 0 aliphatic rings. The minimum absolute atomic E-state index is 0.180. The Balaban J connectivity index is 2.36. The van der Waals surface area contributed by atoms with E-state index in [0.717, 1.165) is 16.8 Å². The highest BCUT2D eigenvalue weighted by Crippen LogP contribution is 2.12. The van der Waals surface area contributed by atoms with E-state index >= 15 is 0 Å². The first-order chi connectivity index (χ1) is 10.0. The monoisotopic (exact) mass is 286 g/mol. The van der Waals surface area contributed by atoms with Gasteiger partial charge in [-0.1, -0.05) is 24.3 Å². The number of nitrogens with two attached hydrogens (primary N) is 1. The number of benzene rings is 1. The number of carbonyl (C=O) groups is 1. The molecule has 0 bridgehead atoms. The van der Waals surface area contributed by atoms with Crippen molar-refractivity contribution >= 4 is 5.91 Å². The lowest BCUT2D eigenvalue weighted by atomic mass is 10.0. The third-order valence-electron chi connectivity index (χ3n) is 3.31. The fourth-order valence-electron chi connectivity index (χ4n) is 2.25. The molecule has 2 rings (SSSR count). The highest BCUT2D eigenvalue weighted by Gasteiger charge is 2.09. The number of carbonyl (C=O) groups excluding carboxylic acids is 1. The molecule has 6 nitrogen and oxygen atoms in total. The number of nitrogens with zero attached hydrogens (tertiary/aromatic N) is 2. The van der Waals surface area contributed by atoms with Gasteiger partial charge in [-0.05, 0) is 31.0 Å². The van der Waals surface area contributed by atoms with Crippen molar-refractivity contribution in [2.24, 2.45) is 5.84 Å². The number of hydrogen-bond acceptors (Lipinski definition) is 4. The number of aryl methyl sites for hydroxylation is 2. The molecule has 0 fully saturated rings. The molecule has 1 aromatic heterocycles. The van der Waals surface area contributed by atoms with Crippen molar-refractivity contribution in [1.29, 1.82) is 0 Å². The van der Waals surface area contributed by atoms with Crippen LogP contribution >= 0.6 is 0 Å². The second kappa shape index (κ2) is 6.32. The molecule has 0 atom stereocenters. The van der Waals surface area contributed by atoms with E-state index < -0.39 is 0 Å². The van der Waals surface area contributed by atoms with E-state index in [1.165, 1.54) is 0 Å². The summed E-state index contributed by atoms with van der Waals surface area (Å²) in [6, 6.07) is 9.33. The average Bonchev–Trinajstić information content (AvgIpc) is 2.44. The molecule has 0 radical (unpaired) electrons. The van der Waals surface area contributed by atoms with E-state index in [1.54, 1.807) is 11.5 Å². The molecule has 6 heteroatoms. The number of hydrazine groups is 1. The van der Waals surface area contributed by atoms with Crippen LogP contribution in [0, 0.1) is 13.8 Å². The summed E-state index contributed by atoms with van der Waals surface area (Å²) in [6.07, 6.45) is 0.180. The summed E-state index contributed by atoms with van der Waals surface area (Å²) in [7, 11) is 0. The van der Waals surface area contributed by atoms with E-state index in [0.29, 0.717) is 12.2 Å². The Bertz CT molecular complexity index is 722. The predicted molar refractivity (Wildman–Crippen MR) is 79.5 cm³/mol. The standard InChI is InChI=1S/C15H18N4O2/c1-10-7-11(2)19(15(21)17-10)9-13-6-4-3-5-12(13)8-14(20)18-16/h3-7H,8-9,16H2,1-2H3,(H,18,20). The summed E-state index contributed by atoms with van der Waals surface area (Å²) in [5.74, 6) is 4.85. The summed E-state index contributed by atoms with van der Waals surface area (Å²) in [5, 5.41) is 0. The zero-order valence-corrected chi connectivity index (χ0v) is 12.1. The first-order valence-corrected chi connectivity index (χ1v) is 6.62. The summed E-state index contributed by atoms with van der Waals surface area (Å²) >= 11 is 0. The number of hydrogen-bond donors (Lipinski definition) is 2. The van der Waals surface area contributed by atoms with Gasteiger partial charge in [-0.3, -0.25) is 14.8 Å². The fraction of sp³-hybridized carbons (Fsp3) is 0.267. The van der Waals surface area contributed by atoms with Crippen molar-refractivity contribution in [3.8, 4) is 0 Å². The third kappa shape index (κ3) is 3.55. The number of amides is 1. The zero-order valence-electron chi connectivity index (χ0n) is 12.1. The molecule has 21 heavy (non-hydrogen) atoms. The third-order valence-corrected chi connectivity index (χ3v) is 3.31. The van der Waals surface area contributed by atoms with Gasteiger partial charge in [-0.15, -0.1) is 0 Å². The van der Waals surface area contributed by atoms with Crippen LogP contribution < -0.4 is 17.0 Å². The van der Waals surface area contributed by atoms with Crippen LogP contribution in [0.5, 0.6) is 0 Å². The summed E-state index contributed by atoms with van der Waals surface area (Å²) in [6.45, 7) is 4.04. The predicted octanol–water partition coefficient (Wildman–Crippen LogP) is 0.441. The van der Waals surface area contributed by atoms with E-state index in [2.05, 4.69) is 10.4 Å². The van der Waals surface area contributed by atoms with Crippen molar-refractivity contribution in [3.05, 3.63) is 63.3 Å². The van der Waals surface area contributed by atoms with E-state index in [1.807, 2.05) is 37.3 Å². The van der Waals surface area contributed by atoms with E-state index in [4.69, 9.17) is 5.84 Å². The van der Waals surface area contributed by atoms with Crippen LogP contribution in [0.15, 0.2) is 35.1 Å². The van der Waals surface area contributed by atoms with Gasteiger partial charge in [0.05, 0.1) is 13.0 Å². The Kier molecular flexibility index (Phi) is 4.49. The maximum absolute atomic E-state index is 12.0. The van der Waals surface area contributed by atoms with Crippen molar-refractivity contribution in [2.45, 2.75) is 26.8 Å². The van der Waals surface area contributed by atoms with Crippen LogP contribution in [-0.2, 0) is 17.8 Å². The Labute approximate surface area is 122 Å². The summed E-state index contributed by atoms with van der Waals surface area (Å²) < 4.78 is 1.59. The highest BCUT2D eigenvalue weighted by molar-refractivity contribution is 5.78. The zero-order chi connectivity index (χ0) is 15.4. The molecular formula is C15H18N4O2. The molecule has 1 heterocycles. The minimum Gasteiger partial charge on any atom is -0.294 e. The Hall–Kier alpha value is -2.47. The molecular weight excluding hydrogens is 268 g/mol. The van der Waals surface area contributed by atoms with E-state index in [9.17, 15) is 9.59 Å². The molecule has 110 valence electrons. The number of aromatic nitrogens is 2. The molecule has 3 N–H and O–H groups in total. The van der Waals surface area contributed by atoms with Gasteiger partial charge < -0.3 is 0 Å². The average molecular weight is 286 g/mol. The van der Waals surface area contributed by atoms with Gasteiger partial charge in [0.15, 0.2) is 0 Å². The van der Waals surface area contributed by atoms with Gasteiger partial charge in [-0.2, -0.15) is 4.98 Å². The van der Waals surface area contributed by atoms with Gasteiger partial charge in [0.1, 0.15) is 0 Å². The van der Waals surface area contributed by atoms with Crippen LogP contribution in [0.4, 0.5) is 0 Å². The Morgan fingerprint density at radius 3 is 2.57 bits per heavy atom. The molecule has 0 saturated heterocycles. The maximum Gasteiger partial charge on any atom is 0.348 e. The van der Waals surface area contributed by atoms with Crippen molar-refractivity contribution < 1.29 is 4.79 Å². The summed E-state index contributed by atoms with van der Waals surface area (Å²) in [5.41, 5.74) is 5.11.